The molecule has 5 nitrogen and oxygen atoms in total. The number of aromatic carboxylic acids is 1. The third kappa shape index (κ3) is 5.78. The van der Waals surface area contributed by atoms with Gasteiger partial charge in [0.1, 0.15) is 0 Å². The Morgan fingerprint density at radius 1 is 1.16 bits per heavy atom. The van der Waals surface area contributed by atoms with E-state index in [2.05, 4.69) is 12.1 Å². The summed E-state index contributed by atoms with van der Waals surface area (Å²) in [5.41, 5.74) is 0.898. The molecule has 0 aliphatic carbocycles. The first-order valence-electron chi connectivity index (χ1n) is 7.98. The fraction of sp³-hybridized carbons (Fsp3) is 0.316. The zero-order valence-electron chi connectivity index (χ0n) is 14.4. The van der Waals surface area contributed by atoms with Gasteiger partial charge in [-0.3, -0.25) is 0 Å². The number of ether oxygens (including phenoxy) is 3. The van der Waals surface area contributed by atoms with Gasteiger partial charge in [-0.2, -0.15) is 0 Å². The minimum atomic E-state index is -1.01. The van der Waals surface area contributed by atoms with Crippen LogP contribution in [0.4, 0.5) is 0 Å². The van der Waals surface area contributed by atoms with Crippen LogP contribution in [-0.4, -0.2) is 46.5 Å². The van der Waals surface area contributed by atoms with Gasteiger partial charge in [0.2, 0.25) is 0 Å². The second-order valence-electron chi connectivity index (χ2n) is 5.26. The van der Waals surface area contributed by atoms with Gasteiger partial charge >= 0.3 is 154 Å². The zero-order chi connectivity index (χ0) is 18.1. The molecule has 2 rings (SSSR count). The molecular formula is C19H22O5Se. The van der Waals surface area contributed by atoms with Crippen LogP contribution >= 0.6 is 0 Å². The van der Waals surface area contributed by atoms with Crippen molar-refractivity contribution in [2.75, 3.05) is 20.5 Å². The molecule has 0 saturated carbocycles. The molecule has 1 N–H and O–H groups in total. The molecule has 2 aromatic carbocycles. The van der Waals surface area contributed by atoms with Crippen LogP contribution in [0.25, 0.3) is 0 Å². The molecule has 0 atom stereocenters. The SMILES string of the molecule is CCCOc1cc(C[Se]c2ccccc2)c(C(=O)O)c(OCOC)c1. The Bertz CT molecular complexity index is 688. The number of carboxylic acids is 1. The molecule has 0 heterocycles. The van der Waals surface area contributed by atoms with Gasteiger partial charge in [0, 0.05) is 0 Å². The second kappa shape index (κ2) is 10.1. The van der Waals surface area contributed by atoms with Gasteiger partial charge in [-0.25, -0.2) is 0 Å². The van der Waals surface area contributed by atoms with Crippen molar-refractivity contribution in [1.82, 2.24) is 0 Å². The van der Waals surface area contributed by atoms with Crippen LogP contribution in [0.2, 0.25) is 0 Å². The summed E-state index contributed by atoms with van der Waals surface area (Å²) in [6.45, 7) is 2.58. The summed E-state index contributed by atoms with van der Waals surface area (Å²) >= 11 is 0.118. The van der Waals surface area contributed by atoms with Crippen molar-refractivity contribution in [2.45, 2.75) is 18.7 Å². The maximum absolute atomic E-state index is 11.8. The van der Waals surface area contributed by atoms with Crippen LogP contribution in [0.3, 0.4) is 0 Å². The number of carbonyl (C=O) groups is 1. The molecule has 0 fully saturated rings. The van der Waals surface area contributed by atoms with Crippen LogP contribution in [0.15, 0.2) is 42.5 Å². The second-order valence-corrected chi connectivity index (χ2v) is 7.46. The Kier molecular flexibility index (Phi) is 7.79. The number of hydrogen-bond acceptors (Lipinski definition) is 4. The summed E-state index contributed by atoms with van der Waals surface area (Å²) < 4.78 is 17.3. The number of rotatable bonds is 10. The number of hydrogen-bond donors (Lipinski definition) is 1. The number of methoxy groups -OCH3 is 1. The van der Waals surface area contributed by atoms with Gasteiger partial charge in [0.25, 0.3) is 0 Å². The number of benzene rings is 2. The summed E-state index contributed by atoms with van der Waals surface area (Å²) in [5, 5.41) is 10.3. The van der Waals surface area contributed by atoms with E-state index >= 15 is 0 Å². The molecule has 2 aromatic rings. The van der Waals surface area contributed by atoms with Gasteiger partial charge < -0.3 is 0 Å². The normalized spacial score (nSPS) is 10.5. The van der Waals surface area contributed by atoms with Gasteiger partial charge in [-0.15, -0.1) is 0 Å². The minimum absolute atomic E-state index is 0.0131. The molecule has 0 spiro atoms. The van der Waals surface area contributed by atoms with E-state index in [0.29, 0.717) is 17.7 Å². The van der Waals surface area contributed by atoms with Gasteiger partial charge in [0.15, 0.2) is 0 Å². The molecule has 0 amide bonds. The summed E-state index contributed by atoms with van der Waals surface area (Å²) in [6.07, 6.45) is 0.873. The Hall–Kier alpha value is -2.01. The maximum atomic E-state index is 11.8. The van der Waals surface area contributed by atoms with E-state index in [9.17, 15) is 9.90 Å². The van der Waals surface area contributed by atoms with Gasteiger partial charge in [-0.1, -0.05) is 0 Å². The standard InChI is InChI=1S/C19H22O5Se/c1-3-9-23-15-10-14(12-25-16-7-5-4-6-8-16)18(19(20)21)17(11-15)24-13-22-2/h4-8,10-11H,3,9,12-13H2,1-2H3,(H,20,21). The van der Waals surface area contributed by atoms with E-state index in [-0.39, 0.29) is 33.1 Å². The molecule has 6 heteroatoms. The predicted octanol–water partition coefficient (Wildman–Crippen LogP) is 2.69. The van der Waals surface area contributed by atoms with E-state index in [1.807, 2.05) is 31.2 Å². The summed E-state index contributed by atoms with van der Waals surface area (Å²) in [7, 11) is 1.50. The third-order valence-corrected chi connectivity index (χ3v) is 5.54. The van der Waals surface area contributed by atoms with Crippen molar-refractivity contribution in [2.24, 2.45) is 0 Å². The Labute approximate surface area is 154 Å². The third-order valence-electron chi connectivity index (χ3n) is 3.31. The molecule has 0 unspecified atom stereocenters. The Morgan fingerprint density at radius 3 is 2.56 bits per heavy atom. The van der Waals surface area contributed by atoms with E-state index in [1.54, 1.807) is 6.07 Å². The molecule has 134 valence electrons. The summed E-state index contributed by atoms with van der Waals surface area (Å²) in [4.78, 5) is 11.8. The fourth-order valence-electron chi connectivity index (χ4n) is 2.22. The first-order valence-corrected chi connectivity index (χ1v) is 10.0. The molecule has 0 aromatic heterocycles. The fourth-order valence-corrected chi connectivity index (χ4v) is 4.11. The molecule has 0 bridgehead atoms. The quantitative estimate of drug-likeness (QED) is 0.483. The topological polar surface area (TPSA) is 65.0 Å². The predicted molar refractivity (Wildman–Crippen MR) is 97.2 cm³/mol. The van der Waals surface area contributed by atoms with Crippen molar-refractivity contribution < 1.29 is 24.1 Å². The molecule has 25 heavy (non-hydrogen) atoms. The Balaban J connectivity index is 2.33. The monoisotopic (exact) mass is 410 g/mol. The summed E-state index contributed by atoms with van der Waals surface area (Å²) in [6, 6.07) is 13.5. The average molecular weight is 409 g/mol. The van der Waals surface area contributed by atoms with Crippen LogP contribution < -0.4 is 13.9 Å². The van der Waals surface area contributed by atoms with Crippen LogP contribution in [-0.2, 0) is 10.1 Å². The van der Waals surface area contributed by atoms with Crippen LogP contribution in [0.1, 0.15) is 29.3 Å². The van der Waals surface area contributed by atoms with E-state index in [0.717, 1.165) is 12.0 Å². The first kappa shape index (κ1) is 19.3. The van der Waals surface area contributed by atoms with Crippen molar-refractivity contribution in [1.29, 1.82) is 0 Å². The van der Waals surface area contributed by atoms with Crippen molar-refractivity contribution in [3.63, 3.8) is 0 Å². The van der Waals surface area contributed by atoms with E-state index < -0.39 is 5.97 Å². The Morgan fingerprint density at radius 2 is 1.92 bits per heavy atom. The first-order chi connectivity index (χ1) is 12.2. The zero-order valence-corrected chi connectivity index (χ0v) is 16.1. The average Bonchev–Trinajstić information content (AvgIpc) is 2.63. The van der Waals surface area contributed by atoms with Crippen LogP contribution in [0, 0.1) is 0 Å². The molecular weight excluding hydrogens is 387 g/mol. The molecule has 0 aliphatic rings. The summed E-state index contributed by atoms with van der Waals surface area (Å²) in [5.74, 6) is -0.106. The van der Waals surface area contributed by atoms with Gasteiger partial charge in [-0.05, 0) is 0 Å². The number of carboxylic acid groups (broad SMARTS) is 1. The van der Waals surface area contributed by atoms with Gasteiger partial charge in [0.05, 0.1) is 0 Å². The van der Waals surface area contributed by atoms with E-state index in [1.165, 1.54) is 11.6 Å². The molecule has 0 radical (unpaired) electrons. The molecule has 0 saturated heterocycles. The van der Waals surface area contributed by atoms with Crippen LogP contribution in [0.5, 0.6) is 11.5 Å². The molecule has 0 aliphatic heterocycles. The van der Waals surface area contributed by atoms with Crippen molar-refractivity contribution in [3.8, 4) is 11.5 Å². The van der Waals surface area contributed by atoms with Crippen molar-refractivity contribution in [3.05, 3.63) is 53.6 Å². The van der Waals surface area contributed by atoms with E-state index in [4.69, 9.17) is 14.2 Å². The van der Waals surface area contributed by atoms with Crippen molar-refractivity contribution >= 4 is 25.4 Å².